The zero-order valence-corrected chi connectivity index (χ0v) is 10.6. The van der Waals surface area contributed by atoms with E-state index in [9.17, 15) is 4.79 Å². The first-order valence-corrected chi connectivity index (χ1v) is 6.45. The molecule has 0 bridgehead atoms. The second-order valence-electron chi connectivity index (χ2n) is 4.31. The van der Waals surface area contributed by atoms with Gasteiger partial charge in [-0.05, 0) is 30.9 Å². The number of carbonyl (C=O) groups is 1. The van der Waals surface area contributed by atoms with Crippen LogP contribution in [0.1, 0.15) is 26.2 Å². The van der Waals surface area contributed by atoms with E-state index in [1.807, 2.05) is 11.8 Å². The van der Waals surface area contributed by atoms with Gasteiger partial charge in [-0.15, -0.1) is 0 Å². The summed E-state index contributed by atoms with van der Waals surface area (Å²) < 4.78 is 9.88. The van der Waals surface area contributed by atoms with E-state index in [1.165, 1.54) is 7.11 Å². The average molecular weight is 232 g/mol. The molecule has 1 fully saturated rings. The zero-order valence-electron chi connectivity index (χ0n) is 9.75. The minimum atomic E-state index is -0.0760. The Morgan fingerprint density at radius 1 is 1.47 bits per heavy atom. The molecule has 0 N–H and O–H groups in total. The molecule has 4 heteroatoms. The van der Waals surface area contributed by atoms with Crippen molar-refractivity contribution in [2.75, 3.05) is 25.7 Å². The Kier molecular flexibility index (Phi) is 4.93. The molecule has 1 aliphatic carbocycles. The van der Waals surface area contributed by atoms with Crippen LogP contribution in [0.4, 0.5) is 0 Å². The maximum absolute atomic E-state index is 11.2. The zero-order chi connectivity index (χ0) is 11.3. The van der Waals surface area contributed by atoms with Crippen LogP contribution in [-0.2, 0) is 14.3 Å². The van der Waals surface area contributed by atoms with Gasteiger partial charge in [0.2, 0.25) is 0 Å². The number of thioether (sulfide) groups is 1. The third-order valence-electron chi connectivity index (χ3n) is 2.87. The molecule has 0 aromatic heterocycles. The fourth-order valence-electron chi connectivity index (χ4n) is 1.44. The SMILES string of the molecule is COC(=O)CC1(CSCC(C)OC)CC1. The molecular weight excluding hydrogens is 212 g/mol. The number of hydrogen-bond donors (Lipinski definition) is 0. The molecule has 15 heavy (non-hydrogen) atoms. The molecule has 0 aromatic carbocycles. The Balaban J connectivity index is 2.17. The molecule has 1 aliphatic rings. The van der Waals surface area contributed by atoms with Crippen molar-refractivity contribution in [2.45, 2.75) is 32.3 Å². The molecule has 0 aliphatic heterocycles. The van der Waals surface area contributed by atoms with E-state index in [-0.39, 0.29) is 11.4 Å². The second-order valence-corrected chi connectivity index (χ2v) is 5.34. The maximum Gasteiger partial charge on any atom is 0.306 e. The van der Waals surface area contributed by atoms with Gasteiger partial charge >= 0.3 is 5.97 Å². The number of ether oxygens (including phenoxy) is 2. The predicted molar refractivity (Wildman–Crippen MR) is 62.1 cm³/mol. The topological polar surface area (TPSA) is 35.5 Å². The summed E-state index contributed by atoms with van der Waals surface area (Å²) in [6.07, 6.45) is 3.20. The van der Waals surface area contributed by atoms with Gasteiger partial charge in [0.1, 0.15) is 0 Å². The van der Waals surface area contributed by atoms with Crippen LogP contribution in [0.3, 0.4) is 0 Å². The summed E-state index contributed by atoms with van der Waals surface area (Å²) in [5.41, 5.74) is 0.241. The first kappa shape index (κ1) is 12.8. The highest BCUT2D eigenvalue weighted by Gasteiger charge is 2.44. The molecule has 0 amide bonds. The third kappa shape index (κ3) is 4.43. The van der Waals surface area contributed by atoms with Crippen molar-refractivity contribution < 1.29 is 14.3 Å². The number of hydrogen-bond acceptors (Lipinski definition) is 4. The Bertz CT molecular complexity index is 214. The van der Waals surface area contributed by atoms with Gasteiger partial charge in [0.05, 0.1) is 19.6 Å². The second kappa shape index (κ2) is 5.75. The molecule has 1 rings (SSSR count). The quantitative estimate of drug-likeness (QED) is 0.630. The number of rotatable bonds is 7. The van der Waals surface area contributed by atoms with Gasteiger partial charge in [0, 0.05) is 12.9 Å². The maximum atomic E-state index is 11.2. The molecule has 1 saturated carbocycles. The van der Waals surface area contributed by atoms with Crippen molar-refractivity contribution in [2.24, 2.45) is 5.41 Å². The summed E-state index contributed by atoms with van der Waals surface area (Å²) in [5, 5.41) is 0. The molecule has 0 aromatic rings. The average Bonchev–Trinajstić information content (AvgIpc) is 2.97. The summed E-state index contributed by atoms with van der Waals surface area (Å²) in [6, 6.07) is 0. The van der Waals surface area contributed by atoms with Gasteiger partial charge in [-0.3, -0.25) is 4.79 Å². The third-order valence-corrected chi connectivity index (χ3v) is 4.39. The Morgan fingerprint density at radius 3 is 2.60 bits per heavy atom. The van der Waals surface area contributed by atoms with Crippen molar-refractivity contribution in [1.82, 2.24) is 0 Å². The van der Waals surface area contributed by atoms with Crippen molar-refractivity contribution in [3.8, 4) is 0 Å². The first-order valence-electron chi connectivity index (χ1n) is 5.29. The predicted octanol–water partition coefficient (Wildman–Crippen LogP) is 2.10. The highest BCUT2D eigenvalue weighted by Crippen LogP contribution is 2.51. The van der Waals surface area contributed by atoms with Crippen LogP contribution in [0.15, 0.2) is 0 Å². The van der Waals surface area contributed by atoms with Gasteiger partial charge in [-0.2, -0.15) is 11.8 Å². The van der Waals surface area contributed by atoms with Gasteiger partial charge in [0.25, 0.3) is 0 Å². The fraction of sp³-hybridized carbons (Fsp3) is 0.909. The summed E-state index contributed by atoms with van der Waals surface area (Å²) in [5.74, 6) is 1.97. The van der Waals surface area contributed by atoms with E-state index < -0.39 is 0 Å². The molecule has 0 spiro atoms. The van der Waals surface area contributed by atoms with E-state index in [1.54, 1.807) is 7.11 Å². The van der Waals surface area contributed by atoms with Crippen molar-refractivity contribution >= 4 is 17.7 Å². The Labute approximate surface area is 95.9 Å². The molecule has 0 heterocycles. The largest absolute Gasteiger partial charge is 0.469 e. The molecular formula is C11H20O3S. The number of esters is 1. The molecule has 3 nitrogen and oxygen atoms in total. The van der Waals surface area contributed by atoms with Gasteiger partial charge < -0.3 is 9.47 Å². The van der Waals surface area contributed by atoms with Crippen molar-refractivity contribution in [3.63, 3.8) is 0 Å². The van der Waals surface area contributed by atoms with Gasteiger partial charge in [-0.25, -0.2) is 0 Å². The minimum absolute atomic E-state index is 0.0760. The van der Waals surface area contributed by atoms with E-state index in [0.717, 1.165) is 24.3 Å². The molecule has 0 saturated heterocycles. The van der Waals surface area contributed by atoms with Crippen LogP contribution >= 0.6 is 11.8 Å². The number of methoxy groups -OCH3 is 2. The van der Waals surface area contributed by atoms with E-state index in [4.69, 9.17) is 9.47 Å². The van der Waals surface area contributed by atoms with Crippen LogP contribution in [0.25, 0.3) is 0 Å². The molecule has 88 valence electrons. The highest BCUT2D eigenvalue weighted by molar-refractivity contribution is 7.99. The van der Waals surface area contributed by atoms with E-state index in [0.29, 0.717) is 12.5 Å². The fourth-order valence-corrected chi connectivity index (χ4v) is 2.85. The van der Waals surface area contributed by atoms with Crippen molar-refractivity contribution in [1.29, 1.82) is 0 Å². The van der Waals surface area contributed by atoms with Crippen molar-refractivity contribution in [3.05, 3.63) is 0 Å². The number of carbonyl (C=O) groups excluding carboxylic acids is 1. The molecule has 1 unspecified atom stereocenters. The summed E-state index contributed by atoms with van der Waals surface area (Å²) in [4.78, 5) is 11.2. The monoisotopic (exact) mass is 232 g/mol. The Morgan fingerprint density at radius 2 is 2.13 bits per heavy atom. The lowest BCUT2D eigenvalue weighted by Gasteiger charge is -2.14. The smallest absolute Gasteiger partial charge is 0.306 e. The Hall–Kier alpha value is -0.220. The van der Waals surface area contributed by atoms with Gasteiger partial charge in [-0.1, -0.05) is 0 Å². The van der Waals surface area contributed by atoms with Crippen LogP contribution in [0.2, 0.25) is 0 Å². The highest BCUT2D eigenvalue weighted by atomic mass is 32.2. The lowest BCUT2D eigenvalue weighted by molar-refractivity contribution is -0.141. The van der Waals surface area contributed by atoms with Gasteiger partial charge in [0.15, 0.2) is 0 Å². The first-order chi connectivity index (χ1) is 7.12. The van der Waals surface area contributed by atoms with Crippen LogP contribution in [0.5, 0.6) is 0 Å². The van der Waals surface area contributed by atoms with E-state index >= 15 is 0 Å². The van der Waals surface area contributed by atoms with Crippen LogP contribution in [-0.4, -0.2) is 37.8 Å². The molecule has 1 atom stereocenters. The lowest BCUT2D eigenvalue weighted by Crippen LogP contribution is -2.15. The van der Waals surface area contributed by atoms with Crippen LogP contribution < -0.4 is 0 Å². The van der Waals surface area contributed by atoms with Crippen LogP contribution in [0, 0.1) is 5.41 Å². The lowest BCUT2D eigenvalue weighted by atomic mass is 10.1. The van der Waals surface area contributed by atoms with E-state index in [2.05, 4.69) is 6.92 Å². The summed E-state index contributed by atoms with van der Waals surface area (Å²) in [7, 11) is 3.19. The minimum Gasteiger partial charge on any atom is -0.469 e. The normalized spacial score (nSPS) is 19.7. The molecule has 0 radical (unpaired) electrons. The summed E-state index contributed by atoms with van der Waals surface area (Å²) >= 11 is 1.88. The summed E-state index contributed by atoms with van der Waals surface area (Å²) in [6.45, 7) is 2.06. The standard InChI is InChI=1S/C11H20O3S/c1-9(13-2)7-15-8-11(4-5-11)6-10(12)14-3/h9H,4-8H2,1-3H3.